The fourth-order valence-corrected chi connectivity index (χ4v) is 5.11. The topological polar surface area (TPSA) is 118 Å². The number of hydrogen-bond acceptors (Lipinski definition) is 7. The van der Waals surface area contributed by atoms with Gasteiger partial charge in [-0.1, -0.05) is 48.5 Å². The third-order valence-corrected chi connectivity index (χ3v) is 7.22. The molecule has 3 N–H and O–H groups in total. The number of ether oxygens (including phenoxy) is 3. The molecule has 0 aromatic heterocycles. The van der Waals surface area contributed by atoms with Gasteiger partial charge in [-0.2, -0.15) is 0 Å². The van der Waals surface area contributed by atoms with E-state index >= 15 is 0 Å². The Labute approximate surface area is 223 Å². The number of carbonyl (C=O) groups is 2. The van der Waals surface area contributed by atoms with Crippen molar-refractivity contribution in [1.29, 1.82) is 0 Å². The molecule has 9 nitrogen and oxygen atoms in total. The van der Waals surface area contributed by atoms with E-state index in [9.17, 15) is 14.7 Å². The highest BCUT2D eigenvalue weighted by Crippen LogP contribution is 2.38. The third kappa shape index (κ3) is 7.85. The van der Waals surface area contributed by atoms with E-state index < -0.39 is 12.3 Å². The molecule has 0 bridgehead atoms. The summed E-state index contributed by atoms with van der Waals surface area (Å²) >= 11 is 0. The predicted molar refractivity (Wildman–Crippen MR) is 140 cm³/mol. The Balaban J connectivity index is 1.44. The molecule has 0 saturated carbocycles. The summed E-state index contributed by atoms with van der Waals surface area (Å²) in [7, 11) is 1.74. The lowest BCUT2D eigenvalue weighted by Gasteiger charge is -2.38. The lowest BCUT2D eigenvalue weighted by Crippen LogP contribution is -2.42. The number of rotatable bonds is 12. The average molecular weight is 527 g/mol. The largest absolute Gasteiger partial charge is 0.481 e. The summed E-state index contributed by atoms with van der Waals surface area (Å²) < 4.78 is 18.4. The van der Waals surface area contributed by atoms with E-state index in [4.69, 9.17) is 19.3 Å². The van der Waals surface area contributed by atoms with Crippen LogP contribution >= 0.6 is 0 Å². The first-order valence-electron chi connectivity index (χ1n) is 13.3. The second-order valence-corrected chi connectivity index (χ2v) is 10.0. The van der Waals surface area contributed by atoms with Gasteiger partial charge in [-0.25, -0.2) is 0 Å². The Hall–Kier alpha value is -2.82. The summed E-state index contributed by atoms with van der Waals surface area (Å²) in [5.74, 6) is -1.28. The maximum absolute atomic E-state index is 11.8. The zero-order chi connectivity index (χ0) is 26.9. The van der Waals surface area contributed by atoms with E-state index in [1.54, 1.807) is 7.11 Å². The second-order valence-electron chi connectivity index (χ2n) is 10.0. The molecule has 2 aliphatic rings. The Morgan fingerprint density at radius 3 is 2.42 bits per heavy atom. The molecule has 4 rings (SSSR count). The van der Waals surface area contributed by atoms with Crippen LogP contribution in [0.1, 0.15) is 66.8 Å². The van der Waals surface area contributed by atoms with Crippen LogP contribution in [0.5, 0.6) is 0 Å². The molecular weight excluding hydrogens is 488 g/mol. The smallest absolute Gasteiger partial charge is 0.303 e. The van der Waals surface area contributed by atoms with Gasteiger partial charge < -0.3 is 29.7 Å². The highest BCUT2D eigenvalue weighted by molar-refractivity contribution is 5.80. The van der Waals surface area contributed by atoms with E-state index in [0.29, 0.717) is 19.2 Å². The van der Waals surface area contributed by atoms with E-state index in [1.807, 2.05) is 48.5 Å². The normalized spacial score (nSPS) is 23.8. The summed E-state index contributed by atoms with van der Waals surface area (Å²) in [5, 5.41) is 20.9. The highest BCUT2D eigenvalue weighted by atomic mass is 16.7. The Morgan fingerprint density at radius 2 is 1.74 bits per heavy atom. The summed E-state index contributed by atoms with van der Waals surface area (Å²) in [6.07, 6.45) is 2.06. The first kappa shape index (κ1) is 28.2. The van der Waals surface area contributed by atoms with E-state index in [0.717, 1.165) is 54.6 Å². The maximum Gasteiger partial charge on any atom is 0.303 e. The minimum absolute atomic E-state index is 0.00236. The summed E-state index contributed by atoms with van der Waals surface area (Å²) in [5.41, 5.74) is 3.71. The molecule has 1 amide bonds. The number of nitrogens with zero attached hydrogens (tertiary/aromatic N) is 1. The molecular formula is C29H38N2O7. The molecule has 9 heteroatoms. The molecule has 2 aliphatic heterocycles. The van der Waals surface area contributed by atoms with Crippen LogP contribution in [0.2, 0.25) is 0 Å². The van der Waals surface area contributed by atoms with Crippen molar-refractivity contribution in [1.82, 2.24) is 10.2 Å². The number of benzene rings is 2. The van der Waals surface area contributed by atoms with E-state index in [1.165, 1.54) is 0 Å². The van der Waals surface area contributed by atoms with Crippen LogP contribution in [-0.4, -0.2) is 65.9 Å². The van der Waals surface area contributed by atoms with Crippen molar-refractivity contribution in [2.45, 2.75) is 69.8 Å². The first-order chi connectivity index (χ1) is 18.4. The number of carbonyl (C=O) groups excluding carboxylic acids is 1. The molecule has 38 heavy (non-hydrogen) atoms. The van der Waals surface area contributed by atoms with Crippen molar-refractivity contribution in [2.75, 3.05) is 26.8 Å². The summed E-state index contributed by atoms with van der Waals surface area (Å²) in [6.45, 7) is 2.88. The molecule has 206 valence electrons. The minimum atomic E-state index is -0.989. The lowest BCUT2D eigenvalue weighted by molar-refractivity contribution is -0.253. The number of amides is 1. The number of nitrogens with one attached hydrogen (secondary N) is 1. The zero-order valence-corrected chi connectivity index (χ0v) is 21.9. The predicted octanol–water partition coefficient (Wildman–Crippen LogP) is 3.32. The van der Waals surface area contributed by atoms with E-state index in [-0.39, 0.29) is 37.6 Å². The third-order valence-electron chi connectivity index (χ3n) is 7.22. The van der Waals surface area contributed by atoms with Gasteiger partial charge in [0.05, 0.1) is 31.8 Å². The minimum Gasteiger partial charge on any atom is -0.481 e. The van der Waals surface area contributed by atoms with Crippen molar-refractivity contribution in [2.24, 2.45) is 0 Å². The van der Waals surface area contributed by atoms with Gasteiger partial charge in [-0.3, -0.25) is 14.5 Å². The van der Waals surface area contributed by atoms with Crippen molar-refractivity contribution < 1.29 is 34.0 Å². The second kappa shape index (κ2) is 13.8. The Bertz CT molecular complexity index is 1040. The fourth-order valence-electron chi connectivity index (χ4n) is 5.11. The molecule has 0 radical (unpaired) electrons. The van der Waals surface area contributed by atoms with Crippen molar-refractivity contribution in [3.8, 4) is 0 Å². The van der Waals surface area contributed by atoms with Gasteiger partial charge in [-0.05, 0) is 36.1 Å². The zero-order valence-electron chi connectivity index (χ0n) is 21.9. The van der Waals surface area contributed by atoms with Crippen LogP contribution in [0.25, 0.3) is 0 Å². The van der Waals surface area contributed by atoms with Gasteiger partial charge in [0.1, 0.15) is 0 Å². The summed E-state index contributed by atoms with van der Waals surface area (Å²) in [4.78, 5) is 25.0. The summed E-state index contributed by atoms with van der Waals surface area (Å²) in [6, 6.07) is 16.0. The van der Waals surface area contributed by atoms with E-state index in [2.05, 4.69) is 10.2 Å². The number of aliphatic carboxylic acids is 1. The molecule has 0 aliphatic carbocycles. The monoisotopic (exact) mass is 526 g/mol. The van der Waals surface area contributed by atoms with Crippen LogP contribution in [0.3, 0.4) is 0 Å². The quantitative estimate of drug-likeness (QED) is 0.386. The number of hydrogen-bond donors (Lipinski definition) is 3. The molecule has 4 atom stereocenters. The van der Waals surface area contributed by atoms with Crippen LogP contribution in [0.15, 0.2) is 48.5 Å². The molecule has 0 spiro atoms. The molecule has 4 unspecified atom stereocenters. The van der Waals surface area contributed by atoms with Crippen LogP contribution in [-0.2, 0) is 37.0 Å². The van der Waals surface area contributed by atoms with Crippen molar-refractivity contribution >= 4 is 11.9 Å². The first-order valence-corrected chi connectivity index (χ1v) is 13.3. The van der Waals surface area contributed by atoms with Gasteiger partial charge >= 0.3 is 5.97 Å². The van der Waals surface area contributed by atoms with Gasteiger partial charge in [0.15, 0.2) is 6.29 Å². The number of methoxy groups -OCH3 is 1. The van der Waals surface area contributed by atoms with Crippen LogP contribution < -0.4 is 5.32 Å². The number of carboxylic acids is 1. The number of aliphatic hydroxyl groups is 1. The van der Waals surface area contributed by atoms with Crippen LogP contribution in [0.4, 0.5) is 0 Å². The van der Waals surface area contributed by atoms with Gasteiger partial charge in [-0.15, -0.1) is 0 Å². The molecule has 2 heterocycles. The molecule has 2 fully saturated rings. The van der Waals surface area contributed by atoms with Crippen molar-refractivity contribution in [3.05, 3.63) is 70.8 Å². The van der Waals surface area contributed by atoms with Crippen LogP contribution in [0, 0.1) is 0 Å². The Kier molecular flexibility index (Phi) is 10.3. The van der Waals surface area contributed by atoms with Gasteiger partial charge in [0, 0.05) is 44.6 Å². The van der Waals surface area contributed by atoms with Gasteiger partial charge in [0.25, 0.3) is 0 Å². The standard InChI is InChI=1S/C29H38N2O7/c1-36-19-24-3-2-14-31(24)17-25-15-26(22-8-6-21(18-32)7-9-22)38-29(37-25)23-10-4-20(5-11-23)16-30-27(33)12-13-28(34)35/h4-11,24-26,29,32H,2-3,12-19H2,1H3,(H,30,33)(H,34,35). The number of aliphatic hydroxyl groups excluding tert-OH is 1. The molecule has 2 aromatic rings. The number of likely N-dealkylation sites (tertiary alicyclic amines) is 1. The Morgan fingerprint density at radius 1 is 1.03 bits per heavy atom. The lowest BCUT2D eigenvalue weighted by atomic mass is 9.99. The maximum atomic E-state index is 11.8. The fraction of sp³-hybridized carbons (Fsp3) is 0.517. The molecule has 2 aromatic carbocycles. The SMILES string of the molecule is COCC1CCCN1CC1CC(c2ccc(CO)cc2)OC(c2ccc(CNC(=O)CCC(=O)O)cc2)O1. The van der Waals surface area contributed by atoms with Gasteiger partial charge in [0.2, 0.25) is 5.91 Å². The number of carboxylic acid groups (broad SMARTS) is 1. The van der Waals surface area contributed by atoms with Crippen molar-refractivity contribution in [3.63, 3.8) is 0 Å². The molecule has 2 saturated heterocycles. The average Bonchev–Trinajstić information content (AvgIpc) is 3.37. The highest BCUT2D eigenvalue weighted by Gasteiger charge is 2.35.